The smallest absolute Gasteiger partial charge is 0.225 e. The van der Waals surface area contributed by atoms with Crippen molar-refractivity contribution in [1.82, 2.24) is 9.97 Å². The summed E-state index contributed by atoms with van der Waals surface area (Å²) in [6, 6.07) is 3.45. The van der Waals surface area contributed by atoms with Gasteiger partial charge in [0, 0.05) is 24.0 Å². The first-order chi connectivity index (χ1) is 10.2. The van der Waals surface area contributed by atoms with Crippen LogP contribution in [-0.4, -0.2) is 29.1 Å². The summed E-state index contributed by atoms with van der Waals surface area (Å²) in [5, 5.41) is 4.34. The van der Waals surface area contributed by atoms with Gasteiger partial charge in [-0.2, -0.15) is 4.98 Å². The van der Waals surface area contributed by atoms with Crippen molar-refractivity contribution >= 4 is 33.3 Å². The zero-order valence-corrected chi connectivity index (χ0v) is 14.1. The van der Waals surface area contributed by atoms with Gasteiger partial charge in [0.05, 0.1) is 5.39 Å². The fourth-order valence-electron chi connectivity index (χ4n) is 3.29. The molecule has 2 atom stereocenters. The number of rotatable bonds is 4. The van der Waals surface area contributed by atoms with Crippen LogP contribution in [0, 0.1) is 0 Å². The van der Waals surface area contributed by atoms with Crippen LogP contribution in [0.2, 0.25) is 0 Å². The molecule has 1 aliphatic rings. The van der Waals surface area contributed by atoms with E-state index in [1.807, 2.05) is 7.05 Å². The van der Waals surface area contributed by atoms with Gasteiger partial charge in [-0.15, -0.1) is 11.3 Å². The van der Waals surface area contributed by atoms with E-state index in [0.29, 0.717) is 12.1 Å². The maximum absolute atomic E-state index is 4.81. The molecule has 5 heteroatoms. The third-order valence-corrected chi connectivity index (χ3v) is 5.67. The number of nitrogens with one attached hydrogen (secondary N) is 1. The molecule has 1 fully saturated rings. The molecule has 0 amide bonds. The van der Waals surface area contributed by atoms with Crippen LogP contribution in [0.25, 0.3) is 10.2 Å². The maximum Gasteiger partial charge on any atom is 0.225 e. The number of hydrogen-bond donors (Lipinski definition) is 1. The highest BCUT2D eigenvalue weighted by Gasteiger charge is 2.32. The minimum absolute atomic E-state index is 0.558. The molecule has 3 heterocycles. The molecule has 4 nitrogen and oxygen atoms in total. The van der Waals surface area contributed by atoms with Gasteiger partial charge in [-0.05, 0) is 38.7 Å². The summed E-state index contributed by atoms with van der Waals surface area (Å²) in [7, 11) is 1.89. The Labute approximate surface area is 130 Å². The first-order valence-electron chi connectivity index (χ1n) is 7.94. The first-order valence-corrected chi connectivity index (χ1v) is 8.76. The van der Waals surface area contributed by atoms with Gasteiger partial charge in [0.25, 0.3) is 0 Å². The lowest BCUT2D eigenvalue weighted by Gasteiger charge is -2.29. The first kappa shape index (κ1) is 14.6. The molecule has 114 valence electrons. The quantitative estimate of drug-likeness (QED) is 0.924. The Bertz CT molecular complexity index is 636. The zero-order chi connectivity index (χ0) is 15.0. The van der Waals surface area contributed by atoms with Gasteiger partial charge in [-0.1, -0.05) is 13.8 Å². The summed E-state index contributed by atoms with van der Waals surface area (Å²) < 4.78 is 0. The SMILES string of the molecule is CCc1cc2c(N3C(C)CCC3CC)nc(NC)nc2s1. The van der Waals surface area contributed by atoms with Crippen molar-refractivity contribution in [1.29, 1.82) is 0 Å². The minimum Gasteiger partial charge on any atom is -0.357 e. The topological polar surface area (TPSA) is 41.1 Å². The van der Waals surface area contributed by atoms with Gasteiger partial charge >= 0.3 is 0 Å². The van der Waals surface area contributed by atoms with Crippen LogP contribution in [0.1, 0.15) is 44.9 Å². The molecule has 1 aliphatic heterocycles. The van der Waals surface area contributed by atoms with Crippen LogP contribution in [0.15, 0.2) is 6.07 Å². The van der Waals surface area contributed by atoms with E-state index in [4.69, 9.17) is 4.98 Å². The van der Waals surface area contributed by atoms with Gasteiger partial charge in [-0.25, -0.2) is 4.98 Å². The molecule has 21 heavy (non-hydrogen) atoms. The predicted octanol–water partition coefficient (Wildman–Crippen LogP) is 4.06. The molecule has 0 spiro atoms. The summed E-state index contributed by atoms with van der Waals surface area (Å²) in [6.07, 6.45) is 4.75. The lowest BCUT2D eigenvalue weighted by atomic mass is 10.1. The van der Waals surface area contributed by atoms with E-state index in [1.54, 1.807) is 11.3 Å². The number of aromatic nitrogens is 2. The van der Waals surface area contributed by atoms with Gasteiger partial charge in [-0.3, -0.25) is 0 Å². The normalized spacial score (nSPS) is 22.2. The summed E-state index contributed by atoms with van der Waals surface area (Å²) in [5.74, 6) is 1.85. The lowest BCUT2D eigenvalue weighted by molar-refractivity contribution is 0.623. The molecular formula is C16H24N4S. The summed E-state index contributed by atoms with van der Waals surface area (Å²) in [6.45, 7) is 6.79. The van der Waals surface area contributed by atoms with Crippen LogP contribution in [-0.2, 0) is 6.42 Å². The highest BCUT2D eigenvalue weighted by molar-refractivity contribution is 7.18. The molecule has 1 N–H and O–H groups in total. The number of thiophene rings is 1. The van der Waals surface area contributed by atoms with Crippen molar-refractivity contribution in [2.45, 2.75) is 58.5 Å². The Balaban J connectivity index is 2.17. The Hall–Kier alpha value is -1.36. The zero-order valence-electron chi connectivity index (χ0n) is 13.3. The molecule has 0 aromatic carbocycles. The monoisotopic (exact) mass is 304 g/mol. The Kier molecular flexibility index (Phi) is 4.02. The second-order valence-corrected chi connectivity index (χ2v) is 6.92. The van der Waals surface area contributed by atoms with E-state index in [2.05, 4.69) is 42.0 Å². The minimum atomic E-state index is 0.558. The number of nitrogens with zero attached hydrogens (tertiary/aromatic N) is 3. The third kappa shape index (κ3) is 2.48. The Morgan fingerprint density at radius 3 is 2.81 bits per heavy atom. The van der Waals surface area contributed by atoms with Crippen LogP contribution in [0.3, 0.4) is 0 Å². The molecular weight excluding hydrogens is 280 g/mol. The average Bonchev–Trinajstić information content (AvgIpc) is 3.08. The second-order valence-electron chi connectivity index (χ2n) is 5.80. The van der Waals surface area contributed by atoms with E-state index < -0.39 is 0 Å². The van der Waals surface area contributed by atoms with Crippen LogP contribution in [0.5, 0.6) is 0 Å². The van der Waals surface area contributed by atoms with Crippen molar-refractivity contribution in [2.75, 3.05) is 17.3 Å². The predicted molar refractivity (Wildman–Crippen MR) is 91.6 cm³/mol. The Morgan fingerprint density at radius 2 is 2.14 bits per heavy atom. The van der Waals surface area contributed by atoms with Crippen molar-refractivity contribution in [2.24, 2.45) is 0 Å². The summed E-state index contributed by atoms with van der Waals surface area (Å²) >= 11 is 1.79. The van der Waals surface area contributed by atoms with Crippen LogP contribution >= 0.6 is 11.3 Å². The van der Waals surface area contributed by atoms with Gasteiger partial charge in [0.2, 0.25) is 5.95 Å². The van der Waals surface area contributed by atoms with Crippen molar-refractivity contribution in [3.8, 4) is 0 Å². The number of hydrogen-bond acceptors (Lipinski definition) is 5. The summed E-state index contributed by atoms with van der Waals surface area (Å²) in [5.41, 5.74) is 0. The van der Waals surface area contributed by atoms with E-state index >= 15 is 0 Å². The van der Waals surface area contributed by atoms with Crippen molar-refractivity contribution in [3.05, 3.63) is 10.9 Å². The maximum atomic E-state index is 4.81. The second kappa shape index (κ2) is 5.79. The molecule has 2 aromatic heterocycles. The molecule has 0 saturated carbocycles. The fraction of sp³-hybridized carbons (Fsp3) is 0.625. The fourth-order valence-corrected chi connectivity index (χ4v) is 4.26. The van der Waals surface area contributed by atoms with Crippen LogP contribution in [0.4, 0.5) is 11.8 Å². The van der Waals surface area contributed by atoms with Crippen molar-refractivity contribution in [3.63, 3.8) is 0 Å². The molecule has 1 saturated heterocycles. The summed E-state index contributed by atoms with van der Waals surface area (Å²) in [4.78, 5) is 14.5. The molecule has 0 aliphatic carbocycles. The van der Waals surface area contributed by atoms with E-state index in [-0.39, 0.29) is 0 Å². The largest absolute Gasteiger partial charge is 0.357 e. The lowest BCUT2D eigenvalue weighted by Crippen LogP contribution is -2.35. The number of aryl methyl sites for hydroxylation is 1. The van der Waals surface area contributed by atoms with Crippen LogP contribution < -0.4 is 10.2 Å². The van der Waals surface area contributed by atoms with Gasteiger partial charge < -0.3 is 10.2 Å². The third-order valence-electron chi connectivity index (χ3n) is 4.50. The van der Waals surface area contributed by atoms with E-state index in [0.717, 1.165) is 23.0 Å². The molecule has 0 radical (unpaired) electrons. The van der Waals surface area contributed by atoms with Gasteiger partial charge in [0.1, 0.15) is 10.6 Å². The highest BCUT2D eigenvalue weighted by atomic mass is 32.1. The Morgan fingerprint density at radius 1 is 1.33 bits per heavy atom. The molecule has 3 rings (SSSR count). The van der Waals surface area contributed by atoms with E-state index in [1.165, 1.54) is 29.5 Å². The van der Waals surface area contributed by atoms with Crippen molar-refractivity contribution < 1.29 is 0 Å². The molecule has 2 unspecified atom stereocenters. The average molecular weight is 304 g/mol. The molecule has 0 bridgehead atoms. The van der Waals surface area contributed by atoms with E-state index in [9.17, 15) is 0 Å². The number of anilines is 2. The number of fused-ring (bicyclic) bond motifs is 1. The molecule has 2 aromatic rings. The standard InChI is InChI=1S/C16H24N4S/c1-5-11-8-7-10(3)20(11)14-13-9-12(6-2)21-15(13)19-16(17-4)18-14/h9-11H,5-8H2,1-4H3,(H,17,18,19). The highest BCUT2D eigenvalue weighted by Crippen LogP contribution is 2.38. The van der Waals surface area contributed by atoms with Gasteiger partial charge in [0.15, 0.2) is 0 Å².